The zero-order valence-electron chi connectivity index (χ0n) is 9.05. The van der Waals surface area contributed by atoms with Crippen LogP contribution in [0.4, 0.5) is 0 Å². The van der Waals surface area contributed by atoms with Crippen LogP contribution in [0.2, 0.25) is 10.3 Å². The zero-order chi connectivity index (χ0) is 13.2. The van der Waals surface area contributed by atoms with Crippen molar-refractivity contribution in [3.05, 3.63) is 52.5 Å². The predicted molar refractivity (Wildman–Crippen MR) is 69.4 cm³/mol. The third-order valence-corrected chi connectivity index (χ3v) is 4.35. The molecule has 1 aromatic heterocycles. The van der Waals surface area contributed by atoms with Crippen LogP contribution in [0.5, 0.6) is 0 Å². The molecule has 7 heteroatoms. The first-order valence-electron chi connectivity index (χ1n) is 4.92. The van der Waals surface area contributed by atoms with E-state index in [-0.39, 0.29) is 15.9 Å². The van der Waals surface area contributed by atoms with Gasteiger partial charge in [0.15, 0.2) is 9.84 Å². The molecule has 0 amide bonds. The summed E-state index contributed by atoms with van der Waals surface area (Å²) >= 11 is 11.2. The van der Waals surface area contributed by atoms with Crippen molar-refractivity contribution in [3.8, 4) is 0 Å². The van der Waals surface area contributed by atoms with Gasteiger partial charge < -0.3 is 0 Å². The minimum Gasteiger partial charge on any atom is -0.226 e. The van der Waals surface area contributed by atoms with Crippen LogP contribution in [0.15, 0.2) is 41.6 Å². The summed E-state index contributed by atoms with van der Waals surface area (Å²) in [5.41, 5.74) is 0.481. The van der Waals surface area contributed by atoms with Crippen molar-refractivity contribution in [1.29, 1.82) is 0 Å². The second kappa shape index (κ2) is 5.22. The molecule has 94 valence electrons. The van der Waals surface area contributed by atoms with Crippen LogP contribution in [0.1, 0.15) is 5.56 Å². The van der Waals surface area contributed by atoms with Gasteiger partial charge >= 0.3 is 0 Å². The number of rotatable bonds is 3. The Morgan fingerprint density at radius 3 is 2.11 bits per heavy atom. The molecule has 0 N–H and O–H groups in total. The second-order valence-corrected chi connectivity index (χ2v) is 6.34. The standard InChI is InChI=1S/C11H8Cl2N2O2S/c12-9-1-3-10(4-2-9)18(16,17)7-8-5-14-11(13)15-6-8/h1-6H,7H2. The summed E-state index contributed by atoms with van der Waals surface area (Å²) < 4.78 is 24.1. The Labute approximate surface area is 115 Å². The Morgan fingerprint density at radius 2 is 1.56 bits per heavy atom. The van der Waals surface area contributed by atoms with E-state index in [1.807, 2.05) is 0 Å². The summed E-state index contributed by atoms with van der Waals surface area (Å²) in [4.78, 5) is 7.69. The van der Waals surface area contributed by atoms with Crippen molar-refractivity contribution >= 4 is 33.0 Å². The third-order valence-electron chi connectivity index (χ3n) is 2.20. The van der Waals surface area contributed by atoms with Crippen LogP contribution >= 0.6 is 23.2 Å². The number of hydrogen-bond acceptors (Lipinski definition) is 4. The number of benzene rings is 1. The Morgan fingerprint density at radius 1 is 1.00 bits per heavy atom. The maximum Gasteiger partial charge on any atom is 0.222 e. The Balaban J connectivity index is 2.27. The molecule has 2 aromatic rings. The quantitative estimate of drug-likeness (QED) is 0.818. The fourth-order valence-corrected chi connectivity index (χ4v) is 2.89. The van der Waals surface area contributed by atoms with E-state index in [4.69, 9.17) is 23.2 Å². The highest BCUT2D eigenvalue weighted by Crippen LogP contribution is 2.18. The van der Waals surface area contributed by atoms with E-state index in [2.05, 4.69) is 9.97 Å². The number of sulfone groups is 1. The monoisotopic (exact) mass is 302 g/mol. The first-order valence-corrected chi connectivity index (χ1v) is 7.33. The van der Waals surface area contributed by atoms with Gasteiger partial charge in [0.1, 0.15) is 0 Å². The average molecular weight is 303 g/mol. The summed E-state index contributed by atoms with van der Waals surface area (Å²) in [5.74, 6) is -0.175. The molecule has 0 aliphatic heterocycles. The molecule has 0 saturated carbocycles. The molecule has 0 fully saturated rings. The van der Waals surface area contributed by atoms with Crippen LogP contribution in [-0.2, 0) is 15.6 Å². The third kappa shape index (κ3) is 3.19. The molecule has 4 nitrogen and oxygen atoms in total. The molecule has 18 heavy (non-hydrogen) atoms. The molecule has 0 aliphatic rings. The molecule has 0 saturated heterocycles. The lowest BCUT2D eigenvalue weighted by atomic mass is 10.4. The van der Waals surface area contributed by atoms with E-state index in [1.165, 1.54) is 36.7 Å². The van der Waals surface area contributed by atoms with E-state index >= 15 is 0 Å². The highest BCUT2D eigenvalue weighted by Gasteiger charge is 2.15. The van der Waals surface area contributed by atoms with Crippen molar-refractivity contribution in [2.24, 2.45) is 0 Å². The summed E-state index contributed by atoms with van der Waals surface area (Å²) in [7, 11) is -3.42. The number of nitrogens with zero attached hydrogens (tertiary/aromatic N) is 2. The van der Waals surface area contributed by atoms with Gasteiger partial charge in [-0.1, -0.05) is 11.6 Å². The van der Waals surface area contributed by atoms with Gasteiger partial charge in [0, 0.05) is 23.0 Å². The van der Waals surface area contributed by atoms with E-state index < -0.39 is 9.84 Å². The molecule has 0 atom stereocenters. The van der Waals surface area contributed by atoms with Gasteiger partial charge in [-0.2, -0.15) is 0 Å². The van der Waals surface area contributed by atoms with Crippen LogP contribution in [0.25, 0.3) is 0 Å². The molecular weight excluding hydrogens is 295 g/mol. The van der Waals surface area contributed by atoms with Gasteiger partial charge in [0.25, 0.3) is 0 Å². The van der Waals surface area contributed by atoms with Crippen molar-refractivity contribution in [3.63, 3.8) is 0 Å². The topological polar surface area (TPSA) is 59.9 Å². The molecular formula is C11H8Cl2N2O2S. The van der Waals surface area contributed by atoms with Gasteiger partial charge in [0.05, 0.1) is 10.6 Å². The molecule has 0 bridgehead atoms. The lowest BCUT2D eigenvalue weighted by Gasteiger charge is -2.04. The lowest BCUT2D eigenvalue weighted by molar-refractivity contribution is 0.595. The largest absolute Gasteiger partial charge is 0.226 e. The van der Waals surface area contributed by atoms with Crippen LogP contribution in [0, 0.1) is 0 Å². The fourth-order valence-electron chi connectivity index (χ4n) is 1.36. The minimum absolute atomic E-state index is 0.0858. The molecule has 0 spiro atoms. The SMILES string of the molecule is O=S(=O)(Cc1cnc(Cl)nc1)c1ccc(Cl)cc1. The first-order chi connectivity index (χ1) is 8.47. The van der Waals surface area contributed by atoms with Crippen LogP contribution < -0.4 is 0 Å². The molecule has 0 aliphatic carbocycles. The zero-order valence-corrected chi connectivity index (χ0v) is 11.4. The van der Waals surface area contributed by atoms with Gasteiger partial charge in [-0.25, -0.2) is 18.4 Å². The maximum atomic E-state index is 12.1. The Bertz CT molecular complexity index is 640. The second-order valence-electron chi connectivity index (χ2n) is 3.57. The Hall–Kier alpha value is -1.17. The molecule has 0 unspecified atom stereocenters. The fraction of sp³-hybridized carbons (Fsp3) is 0.0909. The molecule has 1 heterocycles. The van der Waals surface area contributed by atoms with E-state index in [1.54, 1.807) is 0 Å². The summed E-state index contributed by atoms with van der Waals surface area (Å²) in [5, 5.41) is 0.575. The summed E-state index contributed by atoms with van der Waals surface area (Å²) in [6.07, 6.45) is 2.78. The smallest absolute Gasteiger partial charge is 0.222 e. The predicted octanol–water partition coefficient (Wildman–Crippen LogP) is 2.76. The van der Waals surface area contributed by atoms with E-state index in [0.29, 0.717) is 10.6 Å². The molecule has 2 rings (SSSR count). The van der Waals surface area contributed by atoms with Crippen molar-refractivity contribution in [1.82, 2.24) is 9.97 Å². The normalized spacial score (nSPS) is 11.4. The summed E-state index contributed by atoms with van der Waals surface area (Å²) in [6.45, 7) is 0. The Kier molecular flexibility index (Phi) is 3.85. The average Bonchev–Trinajstić information content (AvgIpc) is 2.32. The lowest BCUT2D eigenvalue weighted by Crippen LogP contribution is -2.05. The minimum atomic E-state index is -3.42. The summed E-state index contributed by atoms with van der Waals surface area (Å²) in [6, 6.07) is 6.00. The molecule has 0 radical (unpaired) electrons. The van der Waals surface area contributed by atoms with Gasteiger partial charge in [-0.15, -0.1) is 0 Å². The molecule has 1 aromatic carbocycles. The van der Waals surface area contributed by atoms with Gasteiger partial charge in [-0.3, -0.25) is 0 Å². The van der Waals surface area contributed by atoms with E-state index in [0.717, 1.165) is 0 Å². The first kappa shape index (κ1) is 13.3. The van der Waals surface area contributed by atoms with Crippen LogP contribution in [0.3, 0.4) is 0 Å². The highest BCUT2D eigenvalue weighted by atomic mass is 35.5. The van der Waals surface area contributed by atoms with E-state index in [9.17, 15) is 8.42 Å². The number of halogens is 2. The number of aromatic nitrogens is 2. The van der Waals surface area contributed by atoms with Crippen molar-refractivity contribution in [2.75, 3.05) is 0 Å². The number of hydrogen-bond donors (Lipinski definition) is 0. The maximum absolute atomic E-state index is 12.1. The highest BCUT2D eigenvalue weighted by molar-refractivity contribution is 7.90. The van der Waals surface area contributed by atoms with Crippen molar-refractivity contribution < 1.29 is 8.42 Å². The van der Waals surface area contributed by atoms with Crippen molar-refractivity contribution in [2.45, 2.75) is 10.6 Å². The van der Waals surface area contributed by atoms with Gasteiger partial charge in [-0.05, 0) is 35.9 Å². The van der Waals surface area contributed by atoms with Crippen LogP contribution in [-0.4, -0.2) is 18.4 Å². The van der Waals surface area contributed by atoms with Gasteiger partial charge in [0.2, 0.25) is 5.28 Å².